The van der Waals surface area contributed by atoms with E-state index in [2.05, 4.69) is 13.8 Å². The minimum absolute atomic E-state index is 0.487. The molecule has 0 atom stereocenters. The Balaban J connectivity index is 2.82. The fourth-order valence-electron chi connectivity index (χ4n) is 2.19. The van der Waals surface area contributed by atoms with Gasteiger partial charge in [-0.1, -0.05) is 45.2 Å². The van der Waals surface area contributed by atoms with E-state index >= 15 is 0 Å². The molecule has 0 amide bonds. The minimum Gasteiger partial charge on any atom is -0.478 e. The molecule has 94 valence electrons. The molecule has 1 aromatic rings. The number of unbranched alkanes of at least 4 members (excludes halogenated alkanes) is 3. The molecule has 0 aliphatic heterocycles. The topological polar surface area (TPSA) is 37.3 Å². The normalized spacial score (nSPS) is 10.5. The van der Waals surface area contributed by atoms with Gasteiger partial charge in [0.2, 0.25) is 0 Å². The lowest BCUT2D eigenvalue weighted by Gasteiger charge is -2.11. The fraction of sp³-hybridized carbons (Fsp3) is 0.533. The second-order valence-corrected chi connectivity index (χ2v) is 4.41. The molecule has 2 heteroatoms. The van der Waals surface area contributed by atoms with Crippen LogP contribution in [0.25, 0.3) is 0 Å². The van der Waals surface area contributed by atoms with Crippen LogP contribution in [-0.4, -0.2) is 11.1 Å². The highest BCUT2D eigenvalue weighted by molar-refractivity contribution is 5.89. The maximum absolute atomic E-state index is 11.2. The van der Waals surface area contributed by atoms with Crippen molar-refractivity contribution < 1.29 is 9.90 Å². The molecule has 17 heavy (non-hydrogen) atoms. The lowest BCUT2D eigenvalue weighted by atomic mass is 9.94. The van der Waals surface area contributed by atoms with E-state index in [1.807, 2.05) is 12.1 Å². The van der Waals surface area contributed by atoms with Crippen LogP contribution in [0.15, 0.2) is 18.2 Å². The first-order chi connectivity index (χ1) is 8.20. The largest absolute Gasteiger partial charge is 0.478 e. The van der Waals surface area contributed by atoms with Crippen LogP contribution >= 0.6 is 0 Å². The summed E-state index contributed by atoms with van der Waals surface area (Å²) in [7, 11) is 0. The smallest absolute Gasteiger partial charge is 0.335 e. The van der Waals surface area contributed by atoms with Gasteiger partial charge in [0.1, 0.15) is 0 Å². The summed E-state index contributed by atoms with van der Waals surface area (Å²) in [6.45, 7) is 4.26. The summed E-state index contributed by atoms with van der Waals surface area (Å²) in [6.07, 6.45) is 6.52. The van der Waals surface area contributed by atoms with Gasteiger partial charge in [-0.2, -0.15) is 0 Å². The number of aryl methyl sites for hydroxylation is 1. The van der Waals surface area contributed by atoms with Crippen molar-refractivity contribution in [2.24, 2.45) is 0 Å². The van der Waals surface area contributed by atoms with Crippen molar-refractivity contribution in [1.82, 2.24) is 0 Å². The van der Waals surface area contributed by atoms with Gasteiger partial charge in [-0.3, -0.25) is 0 Å². The second kappa shape index (κ2) is 7.10. The third kappa shape index (κ3) is 3.88. The summed E-state index contributed by atoms with van der Waals surface area (Å²) in [5.74, 6) is -0.800. The van der Waals surface area contributed by atoms with E-state index in [4.69, 9.17) is 0 Å². The zero-order valence-corrected chi connectivity index (χ0v) is 10.8. The predicted octanol–water partition coefficient (Wildman–Crippen LogP) is 4.07. The van der Waals surface area contributed by atoms with Crippen molar-refractivity contribution in [1.29, 1.82) is 0 Å². The average molecular weight is 234 g/mol. The van der Waals surface area contributed by atoms with Gasteiger partial charge >= 0.3 is 5.97 Å². The van der Waals surface area contributed by atoms with Crippen molar-refractivity contribution >= 4 is 5.97 Å². The quantitative estimate of drug-likeness (QED) is 0.722. The summed E-state index contributed by atoms with van der Waals surface area (Å²) in [5, 5.41) is 9.19. The van der Waals surface area contributed by atoms with Crippen molar-refractivity contribution in [3.8, 4) is 0 Å². The highest BCUT2D eigenvalue weighted by Crippen LogP contribution is 2.19. The van der Waals surface area contributed by atoms with E-state index in [0.717, 1.165) is 24.8 Å². The first-order valence-corrected chi connectivity index (χ1v) is 6.54. The summed E-state index contributed by atoms with van der Waals surface area (Å²) in [6, 6.07) is 5.61. The molecule has 0 aliphatic rings. The molecule has 0 heterocycles. The lowest BCUT2D eigenvalue weighted by molar-refractivity contribution is 0.0695. The Morgan fingerprint density at radius 3 is 2.53 bits per heavy atom. The maximum atomic E-state index is 11.2. The number of hydrogen-bond acceptors (Lipinski definition) is 1. The van der Waals surface area contributed by atoms with Crippen LogP contribution in [0.5, 0.6) is 0 Å². The summed E-state index contributed by atoms with van der Waals surface area (Å²) in [4.78, 5) is 11.2. The molecule has 1 rings (SSSR count). The Morgan fingerprint density at radius 2 is 1.94 bits per heavy atom. The van der Waals surface area contributed by atoms with Crippen molar-refractivity contribution in [3.05, 3.63) is 34.9 Å². The SMILES string of the molecule is CCCCCCc1c(CC)cccc1C(=O)O. The second-order valence-electron chi connectivity index (χ2n) is 4.41. The van der Waals surface area contributed by atoms with Crippen LogP contribution in [0, 0.1) is 0 Å². The van der Waals surface area contributed by atoms with E-state index < -0.39 is 5.97 Å². The molecule has 0 saturated heterocycles. The maximum Gasteiger partial charge on any atom is 0.335 e. The number of carboxylic acids is 1. The van der Waals surface area contributed by atoms with E-state index in [1.54, 1.807) is 6.07 Å². The van der Waals surface area contributed by atoms with Crippen LogP contribution in [0.2, 0.25) is 0 Å². The van der Waals surface area contributed by atoms with Crippen molar-refractivity contribution in [2.75, 3.05) is 0 Å². The Bertz CT molecular complexity index is 369. The number of rotatable bonds is 7. The number of carboxylic acid groups (broad SMARTS) is 1. The molecular weight excluding hydrogens is 212 g/mol. The highest BCUT2D eigenvalue weighted by Gasteiger charge is 2.12. The minimum atomic E-state index is -0.800. The van der Waals surface area contributed by atoms with Gasteiger partial charge in [-0.25, -0.2) is 4.79 Å². The Hall–Kier alpha value is -1.31. The summed E-state index contributed by atoms with van der Waals surface area (Å²) < 4.78 is 0. The monoisotopic (exact) mass is 234 g/mol. The van der Waals surface area contributed by atoms with Gasteiger partial charge in [0.05, 0.1) is 5.56 Å². The molecule has 0 fully saturated rings. The first kappa shape index (κ1) is 13.8. The summed E-state index contributed by atoms with van der Waals surface area (Å²) in [5.41, 5.74) is 2.71. The Kier molecular flexibility index (Phi) is 5.75. The first-order valence-electron chi connectivity index (χ1n) is 6.54. The fourth-order valence-corrected chi connectivity index (χ4v) is 2.19. The van der Waals surface area contributed by atoms with Crippen molar-refractivity contribution in [3.63, 3.8) is 0 Å². The van der Waals surface area contributed by atoms with E-state index in [0.29, 0.717) is 5.56 Å². The zero-order chi connectivity index (χ0) is 12.7. The zero-order valence-electron chi connectivity index (χ0n) is 10.8. The molecule has 0 aliphatic carbocycles. The third-order valence-corrected chi connectivity index (χ3v) is 3.16. The van der Waals surface area contributed by atoms with E-state index in [9.17, 15) is 9.90 Å². The molecule has 0 bridgehead atoms. The van der Waals surface area contributed by atoms with Gasteiger partial charge in [0, 0.05) is 0 Å². The molecule has 0 spiro atoms. The lowest BCUT2D eigenvalue weighted by Crippen LogP contribution is -2.05. The average Bonchev–Trinajstić information content (AvgIpc) is 2.34. The van der Waals surface area contributed by atoms with Gasteiger partial charge < -0.3 is 5.11 Å². The van der Waals surface area contributed by atoms with Gasteiger partial charge in [-0.05, 0) is 36.5 Å². The van der Waals surface area contributed by atoms with Crippen molar-refractivity contribution in [2.45, 2.75) is 52.4 Å². The van der Waals surface area contributed by atoms with Gasteiger partial charge in [0.25, 0.3) is 0 Å². The number of benzene rings is 1. The van der Waals surface area contributed by atoms with E-state index in [-0.39, 0.29) is 0 Å². The van der Waals surface area contributed by atoms with Crippen LogP contribution in [0.4, 0.5) is 0 Å². The molecule has 0 aromatic heterocycles. The number of aromatic carboxylic acids is 1. The van der Waals surface area contributed by atoms with Crippen LogP contribution in [0.3, 0.4) is 0 Å². The molecule has 2 nitrogen and oxygen atoms in total. The van der Waals surface area contributed by atoms with Gasteiger partial charge in [-0.15, -0.1) is 0 Å². The Labute approximate surface area is 104 Å². The molecule has 0 saturated carbocycles. The number of hydrogen-bond donors (Lipinski definition) is 1. The number of carbonyl (C=O) groups is 1. The van der Waals surface area contributed by atoms with Crippen LogP contribution in [-0.2, 0) is 12.8 Å². The third-order valence-electron chi connectivity index (χ3n) is 3.16. The standard InChI is InChI=1S/C15H22O2/c1-3-5-6-7-10-13-12(4-2)9-8-11-14(13)15(16)17/h8-9,11H,3-7,10H2,1-2H3,(H,16,17). The summed E-state index contributed by atoms with van der Waals surface area (Å²) >= 11 is 0. The molecule has 1 N–H and O–H groups in total. The predicted molar refractivity (Wildman–Crippen MR) is 70.6 cm³/mol. The van der Waals surface area contributed by atoms with Crippen LogP contribution in [0.1, 0.15) is 61.0 Å². The molecule has 0 unspecified atom stereocenters. The molecule has 1 aromatic carbocycles. The van der Waals surface area contributed by atoms with Gasteiger partial charge in [0.15, 0.2) is 0 Å². The highest BCUT2D eigenvalue weighted by atomic mass is 16.4. The van der Waals surface area contributed by atoms with E-state index in [1.165, 1.54) is 24.8 Å². The molecule has 0 radical (unpaired) electrons. The Morgan fingerprint density at radius 1 is 1.18 bits per heavy atom. The van der Waals surface area contributed by atoms with Crippen LogP contribution < -0.4 is 0 Å². The molecular formula is C15H22O2.